The molecule has 0 aliphatic carbocycles. The first-order chi connectivity index (χ1) is 10.8. The molecule has 0 aliphatic heterocycles. The predicted molar refractivity (Wildman–Crippen MR) is 79.9 cm³/mol. The minimum Gasteiger partial charge on any atom is -0.341 e. The molecule has 0 saturated carbocycles. The zero-order valence-electron chi connectivity index (χ0n) is 12.3. The third-order valence-electron chi connectivity index (χ3n) is 3.24. The average molecular weight is 346 g/mol. The molecule has 1 aromatic carbocycles. The molecule has 0 bridgehead atoms. The van der Waals surface area contributed by atoms with Crippen LogP contribution in [0.2, 0.25) is 5.02 Å². The van der Waals surface area contributed by atoms with Crippen molar-refractivity contribution in [2.24, 2.45) is 7.05 Å². The molecule has 1 amide bonds. The number of amides is 1. The lowest BCUT2D eigenvalue weighted by Crippen LogP contribution is -2.38. The molecule has 0 fully saturated rings. The molecule has 0 saturated heterocycles. The van der Waals surface area contributed by atoms with E-state index in [1.165, 1.54) is 24.3 Å². The van der Waals surface area contributed by atoms with E-state index in [-0.39, 0.29) is 12.0 Å². The van der Waals surface area contributed by atoms with Crippen LogP contribution in [0.5, 0.6) is 0 Å². The first-order valence-corrected chi connectivity index (χ1v) is 7.22. The number of nitrogens with zero attached hydrogens (tertiary/aromatic N) is 2. The van der Waals surface area contributed by atoms with Gasteiger partial charge in [0.2, 0.25) is 5.91 Å². The molecule has 2 rings (SSSR count). The number of alkyl halides is 3. The fraction of sp³-hybridized carbons (Fsp3) is 0.333. The van der Waals surface area contributed by atoms with Crippen molar-refractivity contribution in [3.63, 3.8) is 0 Å². The van der Waals surface area contributed by atoms with E-state index >= 15 is 0 Å². The summed E-state index contributed by atoms with van der Waals surface area (Å²) in [5.74, 6) is -0.675. The first-order valence-electron chi connectivity index (χ1n) is 6.85. The Labute approximate surface area is 136 Å². The van der Waals surface area contributed by atoms with Crippen molar-refractivity contribution in [2.45, 2.75) is 25.1 Å². The van der Waals surface area contributed by atoms with Crippen LogP contribution < -0.4 is 5.32 Å². The molecule has 0 spiro atoms. The van der Waals surface area contributed by atoms with Gasteiger partial charge >= 0.3 is 6.18 Å². The summed E-state index contributed by atoms with van der Waals surface area (Å²) in [6, 6.07) is 3.17. The smallest absolute Gasteiger partial charge is 0.341 e. The number of aromatic nitrogens is 2. The summed E-state index contributed by atoms with van der Waals surface area (Å²) in [4.78, 5) is 11.9. The molecular formula is C15H15ClF3N3O. The normalized spacial score (nSPS) is 12.9. The number of hydrogen-bond acceptors (Lipinski definition) is 2. The molecule has 124 valence electrons. The van der Waals surface area contributed by atoms with Crippen LogP contribution in [0.4, 0.5) is 13.2 Å². The van der Waals surface area contributed by atoms with Crippen molar-refractivity contribution >= 4 is 17.5 Å². The summed E-state index contributed by atoms with van der Waals surface area (Å²) in [6.45, 7) is 0. The van der Waals surface area contributed by atoms with E-state index in [2.05, 4.69) is 5.10 Å². The highest BCUT2D eigenvalue weighted by atomic mass is 35.5. The van der Waals surface area contributed by atoms with Crippen LogP contribution >= 0.6 is 11.6 Å². The molecule has 0 aliphatic rings. The van der Waals surface area contributed by atoms with Crippen molar-refractivity contribution < 1.29 is 18.0 Å². The van der Waals surface area contributed by atoms with Crippen LogP contribution in [0.1, 0.15) is 23.6 Å². The van der Waals surface area contributed by atoms with E-state index in [0.29, 0.717) is 11.4 Å². The number of halogens is 4. The van der Waals surface area contributed by atoms with Crippen molar-refractivity contribution in [1.29, 1.82) is 0 Å². The second-order valence-corrected chi connectivity index (χ2v) is 5.55. The van der Waals surface area contributed by atoms with E-state index in [0.717, 1.165) is 5.56 Å². The van der Waals surface area contributed by atoms with E-state index in [1.54, 1.807) is 24.1 Å². The second-order valence-electron chi connectivity index (χ2n) is 5.12. The maximum absolute atomic E-state index is 13.2. The van der Waals surface area contributed by atoms with Crippen LogP contribution in [0.3, 0.4) is 0 Å². The topological polar surface area (TPSA) is 46.9 Å². The quantitative estimate of drug-likeness (QED) is 0.902. The number of benzene rings is 1. The number of rotatable bonds is 5. The minimum atomic E-state index is -4.59. The van der Waals surface area contributed by atoms with E-state index in [9.17, 15) is 18.0 Å². The molecule has 2 aromatic rings. The molecule has 1 aromatic heterocycles. The highest BCUT2D eigenvalue weighted by molar-refractivity contribution is 6.30. The summed E-state index contributed by atoms with van der Waals surface area (Å²) in [5, 5.41) is 6.31. The van der Waals surface area contributed by atoms with Crippen molar-refractivity contribution in [3.8, 4) is 0 Å². The average Bonchev–Trinajstić information content (AvgIpc) is 2.88. The van der Waals surface area contributed by atoms with Crippen LogP contribution in [0, 0.1) is 0 Å². The lowest BCUT2D eigenvalue weighted by molar-refractivity contribution is -0.163. The standard InChI is InChI=1S/C15H15ClF3N3O/c1-22-9-10(8-20-22)2-7-13(23)21-14(15(17,18)19)11-3-5-12(16)6-4-11/h3-6,8-9,14H,2,7H2,1H3,(H,21,23). The summed E-state index contributed by atoms with van der Waals surface area (Å²) in [6.07, 6.45) is -1.02. The Morgan fingerprint density at radius 1 is 1.35 bits per heavy atom. The Balaban J connectivity index is 2.02. The molecule has 1 atom stereocenters. The molecule has 0 radical (unpaired) electrons. The summed E-state index contributed by atoms with van der Waals surface area (Å²) in [7, 11) is 1.73. The van der Waals surface area contributed by atoms with Crippen molar-refractivity contribution in [1.82, 2.24) is 15.1 Å². The maximum Gasteiger partial charge on any atom is 0.412 e. The minimum absolute atomic E-state index is 0.0497. The number of nitrogens with one attached hydrogen (secondary N) is 1. The lowest BCUT2D eigenvalue weighted by Gasteiger charge is -2.22. The molecule has 4 nitrogen and oxygen atoms in total. The molecule has 8 heteroatoms. The summed E-state index contributed by atoms with van der Waals surface area (Å²) < 4.78 is 41.1. The highest BCUT2D eigenvalue weighted by Gasteiger charge is 2.41. The number of carbonyl (C=O) groups is 1. The van der Waals surface area contributed by atoms with Crippen LogP contribution in [-0.4, -0.2) is 21.9 Å². The Morgan fingerprint density at radius 3 is 2.52 bits per heavy atom. The van der Waals surface area contributed by atoms with Gasteiger partial charge in [0, 0.05) is 24.7 Å². The number of carbonyl (C=O) groups excluding carboxylic acids is 1. The molecule has 23 heavy (non-hydrogen) atoms. The van der Waals surface area contributed by atoms with Gasteiger partial charge in [0.15, 0.2) is 6.04 Å². The summed E-state index contributed by atoms with van der Waals surface area (Å²) >= 11 is 5.68. The maximum atomic E-state index is 13.2. The Morgan fingerprint density at radius 2 is 2.00 bits per heavy atom. The summed E-state index contributed by atoms with van der Waals surface area (Å²) in [5.41, 5.74) is 0.731. The van der Waals surface area contributed by atoms with E-state index < -0.39 is 18.1 Å². The van der Waals surface area contributed by atoms with Gasteiger partial charge < -0.3 is 5.32 Å². The molecule has 1 heterocycles. The predicted octanol–water partition coefficient (Wildman–Crippen LogP) is 3.43. The largest absolute Gasteiger partial charge is 0.412 e. The Kier molecular flexibility index (Phi) is 5.30. The van der Waals surface area contributed by atoms with Gasteiger partial charge in [-0.1, -0.05) is 23.7 Å². The van der Waals surface area contributed by atoms with Gasteiger partial charge in [-0.25, -0.2) is 0 Å². The lowest BCUT2D eigenvalue weighted by atomic mass is 10.1. The Hall–Kier alpha value is -2.02. The fourth-order valence-corrected chi connectivity index (χ4v) is 2.23. The third-order valence-corrected chi connectivity index (χ3v) is 3.49. The van der Waals surface area contributed by atoms with Crippen LogP contribution in [-0.2, 0) is 18.3 Å². The first kappa shape index (κ1) is 17.3. The second kappa shape index (κ2) is 7.04. The monoisotopic (exact) mass is 345 g/mol. The van der Waals surface area contributed by atoms with Crippen molar-refractivity contribution in [3.05, 3.63) is 52.8 Å². The van der Waals surface area contributed by atoms with E-state index in [1.807, 2.05) is 5.32 Å². The van der Waals surface area contributed by atoms with Gasteiger partial charge in [-0.3, -0.25) is 9.48 Å². The molecule has 1 unspecified atom stereocenters. The van der Waals surface area contributed by atoms with Crippen LogP contribution in [0.25, 0.3) is 0 Å². The fourth-order valence-electron chi connectivity index (χ4n) is 2.10. The molecular weight excluding hydrogens is 331 g/mol. The van der Waals surface area contributed by atoms with Crippen LogP contribution in [0.15, 0.2) is 36.7 Å². The van der Waals surface area contributed by atoms with Gasteiger partial charge in [-0.15, -0.1) is 0 Å². The number of hydrogen-bond donors (Lipinski definition) is 1. The zero-order valence-corrected chi connectivity index (χ0v) is 13.0. The molecule has 1 N–H and O–H groups in total. The zero-order chi connectivity index (χ0) is 17.0. The number of aryl methyl sites for hydroxylation is 2. The Bertz CT molecular complexity index is 667. The van der Waals surface area contributed by atoms with Gasteiger partial charge in [0.1, 0.15) is 0 Å². The van der Waals surface area contributed by atoms with Crippen molar-refractivity contribution in [2.75, 3.05) is 0 Å². The van der Waals surface area contributed by atoms with E-state index in [4.69, 9.17) is 11.6 Å². The van der Waals surface area contributed by atoms with Gasteiger partial charge in [0.05, 0.1) is 6.20 Å². The van der Waals surface area contributed by atoms with Gasteiger partial charge in [-0.05, 0) is 29.7 Å². The SMILES string of the molecule is Cn1cc(CCC(=O)NC(c2ccc(Cl)cc2)C(F)(F)F)cn1. The highest BCUT2D eigenvalue weighted by Crippen LogP contribution is 2.33. The van der Waals surface area contributed by atoms with Gasteiger partial charge in [-0.2, -0.15) is 18.3 Å². The van der Waals surface area contributed by atoms with Gasteiger partial charge in [0.25, 0.3) is 0 Å². The third kappa shape index (κ3) is 4.99.